The van der Waals surface area contributed by atoms with E-state index >= 15 is 0 Å². The quantitative estimate of drug-likeness (QED) is 0.546. The van der Waals surface area contributed by atoms with Crippen LogP contribution in [0.2, 0.25) is 0 Å². The molecule has 0 unspecified atom stereocenters. The number of hydrogen-bond acceptors (Lipinski definition) is 3. The van der Waals surface area contributed by atoms with Crippen LogP contribution in [0.5, 0.6) is 0 Å². The molecule has 0 radical (unpaired) electrons. The van der Waals surface area contributed by atoms with E-state index in [1.54, 1.807) is 6.20 Å². The molecule has 0 aromatic carbocycles. The number of hydrogen-bond donors (Lipinski definition) is 1. The molecule has 3 heteroatoms. The Hall–Kier alpha value is -1.38. The lowest BCUT2D eigenvalue weighted by Crippen LogP contribution is -2.18. The molecule has 1 fully saturated rings. The van der Waals surface area contributed by atoms with Crippen molar-refractivity contribution in [2.75, 3.05) is 0 Å². The second kappa shape index (κ2) is 4.22. The number of rotatable bonds is 1. The second-order valence-electron chi connectivity index (χ2n) is 3.64. The van der Waals surface area contributed by atoms with Gasteiger partial charge in [0.25, 0.3) is 0 Å². The fourth-order valence-electron chi connectivity index (χ4n) is 2.02. The lowest BCUT2D eigenvalue weighted by Gasteiger charge is -2.22. The van der Waals surface area contributed by atoms with Crippen LogP contribution in [-0.4, -0.2) is 15.9 Å². The van der Waals surface area contributed by atoms with Gasteiger partial charge >= 0.3 is 0 Å². The van der Waals surface area contributed by atoms with Crippen LogP contribution in [0, 0.1) is 0 Å². The predicted octanol–water partition coefficient (Wildman–Crippen LogP) is 2.57. The Kier molecular flexibility index (Phi) is 2.77. The van der Waals surface area contributed by atoms with E-state index in [1.165, 1.54) is 6.42 Å². The Morgan fingerprint density at radius 3 is 3.00 bits per heavy atom. The van der Waals surface area contributed by atoms with Crippen molar-refractivity contribution in [3.8, 4) is 0 Å². The monoisotopic (exact) mass is 190 g/mol. The highest BCUT2D eigenvalue weighted by Crippen LogP contribution is 2.29. The van der Waals surface area contributed by atoms with Crippen LogP contribution in [0.25, 0.3) is 0 Å². The Morgan fingerprint density at radius 2 is 2.29 bits per heavy atom. The van der Waals surface area contributed by atoms with Gasteiger partial charge < -0.3 is 5.21 Å². The topological polar surface area (TPSA) is 45.5 Å². The minimum atomic E-state index is 0.231. The van der Waals surface area contributed by atoms with Crippen LogP contribution >= 0.6 is 0 Å². The first-order chi connectivity index (χ1) is 6.92. The van der Waals surface area contributed by atoms with Gasteiger partial charge in [0.15, 0.2) is 0 Å². The number of aromatic nitrogens is 1. The maximum Gasteiger partial charge on any atom is 0.0661 e. The van der Waals surface area contributed by atoms with Crippen LogP contribution in [-0.2, 0) is 0 Å². The lowest BCUT2D eigenvalue weighted by atomic mass is 9.85. The van der Waals surface area contributed by atoms with Crippen molar-refractivity contribution in [2.24, 2.45) is 5.16 Å². The molecule has 0 amide bonds. The molecule has 2 rings (SSSR count). The van der Waals surface area contributed by atoms with Crippen LogP contribution < -0.4 is 0 Å². The van der Waals surface area contributed by atoms with Crippen molar-refractivity contribution in [3.05, 3.63) is 30.1 Å². The van der Waals surface area contributed by atoms with Gasteiger partial charge in [-0.3, -0.25) is 4.98 Å². The largest absolute Gasteiger partial charge is 0.411 e. The van der Waals surface area contributed by atoms with Crippen molar-refractivity contribution in [1.82, 2.24) is 4.98 Å². The van der Waals surface area contributed by atoms with E-state index in [0.29, 0.717) is 0 Å². The van der Waals surface area contributed by atoms with Crippen LogP contribution in [0.4, 0.5) is 0 Å². The van der Waals surface area contributed by atoms with Crippen molar-refractivity contribution < 1.29 is 5.21 Å². The first kappa shape index (κ1) is 9.19. The van der Waals surface area contributed by atoms with Crippen molar-refractivity contribution in [1.29, 1.82) is 0 Å². The van der Waals surface area contributed by atoms with E-state index in [-0.39, 0.29) is 5.92 Å². The highest BCUT2D eigenvalue weighted by molar-refractivity contribution is 5.90. The van der Waals surface area contributed by atoms with Crippen molar-refractivity contribution in [3.63, 3.8) is 0 Å². The molecule has 3 nitrogen and oxygen atoms in total. The highest BCUT2D eigenvalue weighted by Gasteiger charge is 2.23. The Morgan fingerprint density at radius 1 is 1.36 bits per heavy atom. The summed E-state index contributed by atoms with van der Waals surface area (Å²) in [5.74, 6) is 0.231. The molecule has 1 N–H and O–H groups in total. The molecular weight excluding hydrogens is 176 g/mol. The molecule has 0 spiro atoms. The molecule has 1 aromatic rings. The smallest absolute Gasteiger partial charge is 0.0661 e. The summed E-state index contributed by atoms with van der Waals surface area (Å²) in [4.78, 5) is 4.31. The summed E-state index contributed by atoms with van der Waals surface area (Å²) in [5.41, 5.74) is 1.91. The van der Waals surface area contributed by atoms with E-state index in [2.05, 4.69) is 10.1 Å². The minimum Gasteiger partial charge on any atom is -0.411 e. The average molecular weight is 190 g/mol. The molecule has 1 heterocycles. The van der Waals surface area contributed by atoms with E-state index in [4.69, 9.17) is 5.21 Å². The van der Waals surface area contributed by atoms with Crippen LogP contribution in [0.3, 0.4) is 0 Å². The van der Waals surface area contributed by atoms with Gasteiger partial charge in [-0.25, -0.2) is 0 Å². The van der Waals surface area contributed by atoms with Gasteiger partial charge in [0.1, 0.15) is 0 Å². The molecule has 1 aliphatic rings. The zero-order valence-electron chi connectivity index (χ0n) is 8.06. The molecule has 0 aliphatic heterocycles. The first-order valence-electron chi connectivity index (χ1n) is 5.03. The van der Waals surface area contributed by atoms with Crippen LogP contribution in [0.1, 0.15) is 37.3 Å². The molecule has 74 valence electrons. The van der Waals surface area contributed by atoms with Gasteiger partial charge in [0, 0.05) is 17.8 Å². The minimum absolute atomic E-state index is 0.231. The predicted molar refractivity (Wildman–Crippen MR) is 54.7 cm³/mol. The normalized spacial score (nSPS) is 25.1. The number of oxime groups is 1. The van der Waals surface area contributed by atoms with E-state index < -0.39 is 0 Å². The summed E-state index contributed by atoms with van der Waals surface area (Å²) in [6.45, 7) is 0. The van der Waals surface area contributed by atoms with Crippen molar-refractivity contribution in [2.45, 2.75) is 31.6 Å². The summed E-state index contributed by atoms with van der Waals surface area (Å²) >= 11 is 0. The lowest BCUT2D eigenvalue weighted by molar-refractivity contribution is 0.312. The molecule has 1 aliphatic carbocycles. The van der Waals surface area contributed by atoms with Gasteiger partial charge in [-0.05, 0) is 31.4 Å². The highest BCUT2D eigenvalue weighted by atomic mass is 16.4. The Labute approximate surface area is 83.5 Å². The summed E-state index contributed by atoms with van der Waals surface area (Å²) < 4.78 is 0. The maximum atomic E-state index is 8.88. The number of nitrogens with zero attached hydrogens (tertiary/aromatic N) is 2. The summed E-state index contributed by atoms with van der Waals surface area (Å²) in [6, 6.07) is 5.88. The van der Waals surface area contributed by atoms with Crippen LogP contribution in [0.15, 0.2) is 29.6 Å². The first-order valence-corrected chi connectivity index (χ1v) is 5.03. The summed E-state index contributed by atoms with van der Waals surface area (Å²) in [6.07, 6.45) is 6.07. The molecular formula is C11H14N2O. The molecule has 14 heavy (non-hydrogen) atoms. The summed E-state index contributed by atoms with van der Waals surface area (Å²) in [7, 11) is 0. The third-order valence-corrected chi connectivity index (χ3v) is 2.75. The summed E-state index contributed by atoms with van der Waals surface area (Å²) in [5, 5.41) is 12.3. The van der Waals surface area contributed by atoms with E-state index in [9.17, 15) is 0 Å². The zero-order valence-corrected chi connectivity index (χ0v) is 8.06. The van der Waals surface area contributed by atoms with Gasteiger partial charge in [-0.1, -0.05) is 17.6 Å². The number of pyridine rings is 1. The fourth-order valence-corrected chi connectivity index (χ4v) is 2.02. The Bertz CT molecular complexity index is 321. The molecule has 1 aromatic heterocycles. The molecule has 1 saturated carbocycles. The second-order valence-corrected chi connectivity index (χ2v) is 3.64. The van der Waals surface area contributed by atoms with E-state index in [1.807, 2.05) is 18.2 Å². The molecule has 0 saturated heterocycles. The van der Waals surface area contributed by atoms with Gasteiger partial charge in [0.05, 0.1) is 5.71 Å². The third kappa shape index (κ3) is 1.76. The van der Waals surface area contributed by atoms with Crippen molar-refractivity contribution >= 4 is 5.71 Å². The zero-order chi connectivity index (χ0) is 9.80. The Balaban J connectivity index is 2.24. The molecule has 0 bridgehead atoms. The average Bonchev–Trinajstić information content (AvgIpc) is 2.30. The molecule has 1 atom stereocenters. The van der Waals surface area contributed by atoms with E-state index in [0.717, 1.165) is 30.7 Å². The SMILES string of the molecule is O/N=C1/CCCC[C@@H]1c1ccccn1. The maximum absolute atomic E-state index is 8.88. The van der Waals surface area contributed by atoms with Gasteiger partial charge in [-0.15, -0.1) is 0 Å². The fraction of sp³-hybridized carbons (Fsp3) is 0.455. The standard InChI is InChI=1S/C11H14N2O/c14-13-11-7-2-1-5-9(11)10-6-3-4-8-12-10/h3-4,6,8-9,14H,1-2,5,7H2/b13-11-/t9-/m1/s1. The van der Waals surface area contributed by atoms with Gasteiger partial charge in [0.2, 0.25) is 0 Å². The van der Waals surface area contributed by atoms with Gasteiger partial charge in [-0.2, -0.15) is 0 Å². The third-order valence-electron chi connectivity index (χ3n) is 2.75.